The first-order chi connectivity index (χ1) is 8.69. The van der Waals surface area contributed by atoms with Gasteiger partial charge in [0.15, 0.2) is 0 Å². The van der Waals surface area contributed by atoms with Crippen molar-refractivity contribution in [3.63, 3.8) is 0 Å². The molecular weight excluding hydrogens is 272 g/mol. The predicted octanol–water partition coefficient (Wildman–Crippen LogP) is 1.90. The molecule has 1 aromatic rings. The fourth-order valence-electron chi connectivity index (χ4n) is 1.30. The Kier molecular flexibility index (Phi) is 9.92. The molecule has 0 amide bonds. The quantitative estimate of drug-likeness (QED) is 0.593. The van der Waals surface area contributed by atoms with Gasteiger partial charge in [0.25, 0.3) is 0 Å². The van der Waals surface area contributed by atoms with Crippen molar-refractivity contribution >= 4 is 49.7 Å². The van der Waals surface area contributed by atoms with E-state index >= 15 is 0 Å². The minimum absolute atomic E-state index is 0. The molecule has 0 aliphatic heterocycles. The molecule has 1 aromatic carbocycles. The predicted molar refractivity (Wildman–Crippen MR) is 76.1 cm³/mol. The Balaban J connectivity index is 0.00000324. The van der Waals surface area contributed by atoms with Crippen LogP contribution in [0.4, 0.5) is 0 Å². The normalized spacial score (nSPS) is 9.37. The van der Waals surface area contributed by atoms with Crippen molar-refractivity contribution in [1.29, 1.82) is 0 Å². The molecule has 0 bridgehead atoms. The average Bonchev–Trinajstić information content (AvgIpc) is 2.42. The first-order valence-corrected chi connectivity index (χ1v) is 6.13. The number of carbonyl (C=O) groups excluding carboxylic acids is 2. The molecule has 0 saturated heterocycles. The van der Waals surface area contributed by atoms with E-state index in [1.54, 1.807) is 24.3 Å². The molecule has 102 valence electrons. The van der Waals surface area contributed by atoms with E-state index in [9.17, 15) is 9.59 Å². The number of hydrogen-bond donors (Lipinski definition) is 0. The zero-order valence-corrected chi connectivity index (χ0v) is 10.8. The monoisotopic (exact) mass is 292 g/mol. The van der Waals surface area contributed by atoms with E-state index in [0.717, 1.165) is 12.8 Å². The molecular formula is C14H20CaO4. The summed E-state index contributed by atoms with van der Waals surface area (Å²) in [6.07, 6.45) is 1.57. The molecule has 4 nitrogen and oxygen atoms in total. The average molecular weight is 292 g/mol. The molecule has 0 aliphatic rings. The van der Waals surface area contributed by atoms with Gasteiger partial charge in [0.05, 0.1) is 24.3 Å². The van der Waals surface area contributed by atoms with Crippen LogP contribution in [-0.2, 0) is 9.47 Å². The third-order valence-electron chi connectivity index (χ3n) is 2.23. The summed E-state index contributed by atoms with van der Waals surface area (Å²) in [4.78, 5) is 23.0. The maximum absolute atomic E-state index is 11.5. The SMILES string of the molecule is CCCOC(=O)c1ccc(C(=O)OCCC)cc1.[CaH2]. The Labute approximate surface area is 143 Å². The van der Waals surface area contributed by atoms with Gasteiger partial charge in [-0.25, -0.2) is 9.59 Å². The molecule has 0 atom stereocenters. The van der Waals surface area contributed by atoms with Crippen LogP contribution in [0.5, 0.6) is 0 Å². The van der Waals surface area contributed by atoms with E-state index in [2.05, 4.69) is 0 Å². The van der Waals surface area contributed by atoms with E-state index < -0.39 is 0 Å². The summed E-state index contributed by atoms with van der Waals surface area (Å²) in [5.74, 6) is -0.740. The van der Waals surface area contributed by atoms with Gasteiger partial charge in [-0.05, 0) is 37.1 Å². The van der Waals surface area contributed by atoms with Crippen LogP contribution in [0.3, 0.4) is 0 Å². The van der Waals surface area contributed by atoms with Gasteiger partial charge in [-0.2, -0.15) is 0 Å². The van der Waals surface area contributed by atoms with Crippen molar-refractivity contribution < 1.29 is 19.1 Å². The summed E-state index contributed by atoms with van der Waals surface area (Å²) in [6, 6.07) is 6.28. The number of benzene rings is 1. The molecule has 0 aromatic heterocycles. The van der Waals surface area contributed by atoms with Crippen LogP contribution < -0.4 is 0 Å². The van der Waals surface area contributed by atoms with Crippen molar-refractivity contribution in [2.75, 3.05) is 13.2 Å². The van der Waals surface area contributed by atoms with Gasteiger partial charge < -0.3 is 9.47 Å². The molecule has 0 unspecified atom stereocenters. The van der Waals surface area contributed by atoms with Crippen molar-refractivity contribution in [3.05, 3.63) is 35.4 Å². The van der Waals surface area contributed by atoms with Crippen LogP contribution in [0.25, 0.3) is 0 Å². The first kappa shape index (κ1) is 18.4. The summed E-state index contributed by atoms with van der Waals surface area (Å²) in [6.45, 7) is 4.67. The van der Waals surface area contributed by atoms with Gasteiger partial charge in [-0.3, -0.25) is 0 Å². The summed E-state index contributed by atoms with van der Waals surface area (Å²) in [7, 11) is 0. The Morgan fingerprint density at radius 2 is 1.16 bits per heavy atom. The van der Waals surface area contributed by atoms with E-state index in [4.69, 9.17) is 9.47 Å². The molecule has 0 saturated carbocycles. The van der Waals surface area contributed by atoms with E-state index in [0.29, 0.717) is 24.3 Å². The van der Waals surface area contributed by atoms with E-state index in [-0.39, 0.29) is 49.7 Å². The van der Waals surface area contributed by atoms with Gasteiger partial charge >= 0.3 is 49.7 Å². The first-order valence-electron chi connectivity index (χ1n) is 6.13. The van der Waals surface area contributed by atoms with Gasteiger partial charge in [-0.15, -0.1) is 0 Å². The number of hydrogen-bond acceptors (Lipinski definition) is 4. The number of rotatable bonds is 6. The summed E-state index contributed by atoms with van der Waals surface area (Å²) < 4.78 is 9.97. The second-order valence-corrected chi connectivity index (χ2v) is 3.85. The van der Waals surface area contributed by atoms with Crippen LogP contribution in [-0.4, -0.2) is 62.9 Å². The fraction of sp³-hybridized carbons (Fsp3) is 0.429. The zero-order valence-electron chi connectivity index (χ0n) is 10.8. The number of esters is 2. The van der Waals surface area contributed by atoms with Gasteiger partial charge in [-0.1, -0.05) is 13.8 Å². The van der Waals surface area contributed by atoms with Crippen molar-refractivity contribution in [1.82, 2.24) is 0 Å². The molecule has 0 radical (unpaired) electrons. The Morgan fingerprint density at radius 3 is 1.42 bits per heavy atom. The summed E-state index contributed by atoms with van der Waals surface area (Å²) >= 11 is 0. The number of carbonyl (C=O) groups is 2. The Bertz CT molecular complexity index is 361. The Morgan fingerprint density at radius 1 is 0.842 bits per heavy atom. The van der Waals surface area contributed by atoms with Crippen molar-refractivity contribution in [2.45, 2.75) is 26.7 Å². The molecule has 0 N–H and O–H groups in total. The third-order valence-corrected chi connectivity index (χ3v) is 2.23. The summed E-state index contributed by atoms with van der Waals surface area (Å²) in [5.41, 5.74) is 0.881. The zero-order chi connectivity index (χ0) is 13.4. The molecule has 5 heteroatoms. The van der Waals surface area contributed by atoms with Crippen molar-refractivity contribution in [2.24, 2.45) is 0 Å². The van der Waals surface area contributed by atoms with Crippen LogP contribution in [0.15, 0.2) is 24.3 Å². The van der Waals surface area contributed by atoms with Gasteiger partial charge in [0.2, 0.25) is 0 Å². The molecule has 0 aliphatic carbocycles. The second kappa shape index (κ2) is 10.2. The maximum atomic E-state index is 11.5. The minimum atomic E-state index is -0.370. The summed E-state index contributed by atoms with van der Waals surface area (Å²) in [5, 5.41) is 0. The van der Waals surface area contributed by atoms with E-state index in [1.807, 2.05) is 13.8 Å². The third kappa shape index (κ3) is 6.41. The molecule has 1 rings (SSSR count). The molecule has 0 spiro atoms. The van der Waals surface area contributed by atoms with Gasteiger partial charge in [0, 0.05) is 0 Å². The van der Waals surface area contributed by atoms with Crippen LogP contribution in [0.1, 0.15) is 47.4 Å². The topological polar surface area (TPSA) is 52.6 Å². The molecule has 0 fully saturated rings. The second-order valence-electron chi connectivity index (χ2n) is 3.85. The van der Waals surface area contributed by atoms with Crippen LogP contribution >= 0.6 is 0 Å². The Hall–Kier alpha value is -0.580. The van der Waals surface area contributed by atoms with Crippen LogP contribution in [0.2, 0.25) is 0 Å². The van der Waals surface area contributed by atoms with Crippen molar-refractivity contribution in [3.8, 4) is 0 Å². The van der Waals surface area contributed by atoms with Crippen LogP contribution in [0, 0.1) is 0 Å². The standard InChI is InChI=1S/C14H18O4.Ca.2H/c1-3-9-17-13(15)11-5-7-12(8-6-11)14(16)18-10-4-2;;;/h5-8H,3-4,9-10H2,1-2H3;;;. The molecule has 19 heavy (non-hydrogen) atoms. The van der Waals surface area contributed by atoms with E-state index in [1.165, 1.54) is 0 Å². The fourth-order valence-corrected chi connectivity index (χ4v) is 1.30. The number of ether oxygens (including phenoxy) is 2. The molecule has 0 heterocycles. The van der Waals surface area contributed by atoms with Gasteiger partial charge in [0.1, 0.15) is 0 Å².